The van der Waals surface area contributed by atoms with Gasteiger partial charge in [0.05, 0.1) is 6.17 Å². The largest absolute Gasteiger partial charge is 0.398 e. The number of hydrogen-bond donors (Lipinski definition) is 2. The first-order valence-corrected chi connectivity index (χ1v) is 15.7. The monoisotopic (exact) mass is 565 g/mol. The molecule has 3 N–H and O–H groups in total. The van der Waals surface area contributed by atoms with E-state index >= 15 is 0 Å². The van der Waals surface area contributed by atoms with Gasteiger partial charge >= 0.3 is 0 Å². The molecule has 0 amide bonds. The standard InChI is InChI=1S/C40H43N3/c1-42-40(43(28-30-14-5-2-6-15-30)29-31-16-7-3-8-17-31)37-25-24-34(27-38(37)32-18-9-4-10-19-32)33-20-13-21-35(26-33)36-22-11-12-23-39(36)41/h2-7,9,11-16,20-27,32,40,42H,8,10,17-19,28-29,41H2,1H3. The lowest BCUT2D eigenvalue weighted by molar-refractivity contribution is 0.177. The average molecular weight is 566 g/mol. The van der Waals surface area contributed by atoms with Crippen molar-refractivity contribution in [1.29, 1.82) is 0 Å². The molecule has 0 saturated heterocycles. The van der Waals surface area contributed by atoms with Gasteiger partial charge in [0.15, 0.2) is 0 Å². The minimum atomic E-state index is 0.0948. The zero-order valence-corrected chi connectivity index (χ0v) is 25.3. The van der Waals surface area contributed by atoms with Crippen LogP contribution >= 0.6 is 0 Å². The molecule has 0 heterocycles. The van der Waals surface area contributed by atoms with Crippen LogP contribution < -0.4 is 11.1 Å². The van der Waals surface area contributed by atoms with E-state index in [0.717, 1.165) is 55.6 Å². The Balaban J connectivity index is 1.40. The Morgan fingerprint density at radius 1 is 0.791 bits per heavy atom. The summed E-state index contributed by atoms with van der Waals surface area (Å²) >= 11 is 0. The molecule has 0 aliphatic heterocycles. The Morgan fingerprint density at radius 3 is 2.37 bits per heavy atom. The van der Waals surface area contributed by atoms with Gasteiger partial charge in [0.2, 0.25) is 0 Å². The van der Waals surface area contributed by atoms with Crippen molar-refractivity contribution in [3.05, 3.63) is 150 Å². The first-order valence-electron chi connectivity index (χ1n) is 15.7. The van der Waals surface area contributed by atoms with Crippen molar-refractivity contribution < 1.29 is 0 Å². The Hall–Kier alpha value is -4.18. The first kappa shape index (κ1) is 28.9. The van der Waals surface area contributed by atoms with Gasteiger partial charge in [0.25, 0.3) is 0 Å². The third kappa shape index (κ3) is 6.91. The van der Waals surface area contributed by atoms with E-state index in [1.807, 2.05) is 12.1 Å². The molecule has 6 rings (SSSR count). The maximum Gasteiger partial charge on any atom is 0.0866 e. The Kier molecular flexibility index (Phi) is 9.32. The molecule has 2 aliphatic carbocycles. The van der Waals surface area contributed by atoms with Gasteiger partial charge in [-0.2, -0.15) is 0 Å². The molecule has 4 aromatic carbocycles. The van der Waals surface area contributed by atoms with Crippen molar-refractivity contribution in [1.82, 2.24) is 10.2 Å². The molecule has 3 nitrogen and oxygen atoms in total. The third-order valence-electron chi connectivity index (χ3n) is 8.93. The average Bonchev–Trinajstić information content (AvgIpc) is 3.07. The number of benzene rings is 4. The topological polar surface area (TPSA) is 41.3 Å². The van der Waals surface area contributed by atoms with Crippen LogP contribution in [-0.4, -0.2) is 18.5 Å². The lowest BCUT2D eigenvalue weighted by Crippen LogP contribution is -2.38. The zero-order valence-electron chi connectivity index (χ0n) is 25.3. The minimum Gasteiger partial charge on any atom is -0.398 e. The van der Waals surface area contributed by atoms with Crippen molar-refractivity contribution in [2.24, 2.45) is 0 Å². The Morgan fingerprint density at radius 2 is 1.60 bits per heavy atom. The van der Waals surface area contributed by atoms with E-state index in [4.69, 9.17) is 5.73 Å². The van der Waals surface area contributed by atoms with Crippen molar-refractivity contribution in [2.45, 2.75) is 50.7 Å². The number of allylic oxidation sites excluding steroid dienone is 5. The summed E-state index contributed by atoms with van der Waals surface area (Å²) < 4.78 is 0. The summed E-state index contributed by atoms with van der Waals surface area (Å²) in [7, 11) is 2.12. The van der Waals surface area contributed by atoms with Gasteiger partial charge in [-0.3, -0.25) is 4.90 Å². The fraction of sp³-hybridized carbons (Fsp3) is 0.250. The van der Waals surface area contributed by atoms with Crippen LogP contribution in [0.3, 0.4) is 0 Å². The molecule has 4 aromatic rings. The normalized spacial score (nSPS) is 17.2. The van der Waals surface area contributed by atoms with Gasteiger partial charge < -0.3 is 11.1 Å². The number of para-hydroxylation sites is 1. The van der Waals surface area contributed by atoms with Crippen molar-refractivity contribution in [2.75, 3.05) is 19.3 Å². The number of hydrogen-bond acceptors (Lipinski definition) is 3. The van der Waals surface area contributed by atoms with Gasteiger partial charge in [-0.15, -0.1) is 0 Å². The first-order chi connectivity index (χ1) is 21.2. The van der Waals surface area contributed by atoms with Crippen LogP contribution in [0.2, 0.25) is 0 Å². The molecule has 0 aromatic heterocycles. The van der Waals surface area contributed by atoms with Gasteiger partial charge in [-0.1, -0.05) is 121 Å². The van der Waals surface area contributed by atoms with Crippen LogP contribution in [0, 0.1) is 0 Å². The highest BCUT2D eigenvalue weighted by Gasteiger charge is 2.26. The molecule has 2 atom stereocenters. The molecule has 2 aliphatic rings. The van der Waals surface area contributed by atoms with Crippen molar-refractivity contribution >= 4 is 5.69 Å². The van der Waals surface area contributed by atoms with Crippen LogP contribution in [0.1, 0.15) is 60.9 Å². The highest BCUT2D eigenvalue weighted by Crippen LogP contribution is 2.39. The molecular weight excluding hydrogens is 522 g/mol. The molecule has 0 saturated carbocycles. The SMILES string of the molecule is CNC(c1ccc(-c2cccc(-c3ccccc3N)c2)cc1C1CC=CCC1)N(CC1=CC=CCC1)Cc1ccccc1. The van der Waals surface area contributed by atoms with Crippen molar-refractivity contribution in [3.63, 3.8) is 0 Å². The Bertz CT molecular complexity index is 1610. The summed E-state index contributed by atoms with van der Waals surface area (Å²) in [5.74, 6) is 0.499. The number of nitrogen functional groups attached to an aromatic ring is 1. The highest BCUT2D eigenvalue weighted by atomic mass is 15.3. The molecule has 0 bridgehead atoms. The minimum absolute atomic E-state index is 0.0948. The molecule has 43 heavy (non-hydrogen) atoms. The van der Waals surface area contributed by atoms with E-state index in [1.165, 1.54) is 39.8 Å². The maximum atomic E-state index is 6.36. The summed E-state index contributed by atoms with van der Waals surface area (Å²) in [5, 5.41) is 3.75. The van der Waals surface area contributed by atoms with Gasteiger partial charge in [0, 0.05) is 24.3 Å². The lowest BCUT2D eigenvalue weighted by atomic mass is 9.82. The summed E-state index contributed by atoms with van der Waals surface area (Å²) in [6, 6.07) is 35.0. The molecule has 218 valence electrons. The molecule has 3 heteroatoms. The predicted octanol–water partition coefficient (Wildman–Crippen LogP) is 9.42. The number of nitrogens with two attached hydrogens (primary N) is 1. The fourth-order valence-electron chi connectivity index (χ4n) is 6.70. The summed E-state index contributed by atoms with van der Waals surface area (Å²) in [6.45, 7) is 1.83. The summed E-state index contributed by atoms with van der Waals surface area (Å²) in [6.07, 6.45) is 17.3. The number of anilines is 1. The third-order valence-corrected chi connectivity index (χ3v) is 8.93. The number of rotatable bonds is 10. The van der Waals surface area contributed by atoms with E-state index in [0.29, 0.717) is 5.92 Å². The predicted molar refractivity (Wildman–Crippen MR) is 183 cm³/mol. The highest BCUT2D eigenvalue weighted by molar-refractivity contribution is 5.80. The molecule has 0 fully saturated rings. The quantitative estimate of drug-likeness (QED) is 0.114. The van der Waals surface area contributed by atoms with Crippen LogP contribution in [0.15, 0.2) is 133 Å². The number of nitrogens with zero attached hydrogens (tertiary/aromatic N) is 1. The summed E-state index contributed by atoms with van der Waals surface area (Å²) in [5.41, 5.74) is 17.6. The van der Waals surface area contributed by atoms with Crippen LogP contribution in [0.25, 0.3) is 22.3 Å². The smallest absolute Gasteiger partial charge is 0.0866 e. The van der Waals surface area contributed by atoms with E-state index in [-0.39, 0.29) is 6.17 Å². The van der Waals surface area contributed by atoms with Gasteiger partial charge in [-0.25, -0.2) is 0 Å². The van der Waals surface area contributed by atoms with Crippen LogP contribution in [0.4, 0.5) is 5.69 Å². The molecular formula is C40H43N3. The number of nitrogens with one attached hydrogen (secondary N) is 1. The van der Waals surface area contributed by atoms with E-state index in [2.05, 4.69) is 133 Å². The Labute approximate surface area is 257 Å². The van der Waals surface area contributed by atoms with Crippen molar-refractivity contribution in [3.8, 4) is 22.3 Å². The second kappa shape index (κ2) is 13.9. The molecule has 0 radical (unpaired) electrons. The van der Waals surface area contributed by atoms with Gasteiger partial charge in [-0.05, 0) is 90.6 Å². The fourth-order valence-corrected chi connectivity index (χ4v) is 6.70. The van der Waals surface area contributed by atoms with Crippen LogP contribution in [-0.2, 0) is 6.54 Å². The van der Waals surface area contributed by atoms with E-state index in [9.17, 15) is 0 Å². The molecule has 2 unspecified atom stereocenters. The molecule has 0 spiro atoms. The summed E-state index contributed by atoms with van der Waals surface area (Å²) in [4.78, 5) is 2.62. The van der Waals surface area contributed by atoms with E-state index < -0.39 is 0 Å². The zero-order chi connectivity index (χ0) is 29.4. The van der Waals surface area contributed by atoms with Crippen LogP contribution in [0.5, 0.6) is 0 Å². The van der Waals surface area contributed by atoms with E-state index in [1.54, 1.807) is 0 Å². The maximum absolute atomic E-state index is 6.36. The second-order valence-electron chi connectivity index (χ2n) is 11.9. The van der Waals surface area contributed by atoms with Gasteiger partial charge in [0.1, 0.15) is 0 Å². The lowest BCUT2D eigenvalue weighted by Gasteiger charge is -2.36. The second-order valence-corrected chi connectivity index (χ2v) is 11.9.